The average molecular weight is 485 g/mol. The van der Waals surface area contributed by atoms with Gasteiger partial charge in [-0.3, -0.25) is 4.79 Å². The molecule has 2 fully saturated rings. The van der Waals surface area contributed by atoms with Crippen molar-refractivity contribution < 1.29 is 9.59 Å². The van der Waals surface area contributed by atoms with E-state index in [0.717, 1.165) is 5.75 Å². The van der Waals surface area contributed by atoms with E-state index in [0.29, 0.717) is 58.8 Å². The fourth-order valence-corrected chi connectivity index (χ4v) is 6.03. The maximum absolute atomic E-state index is 13.1. The van der Waals surface area contributed by atoms with Gasteiger partial charge in [0.15, 0.2) is 0 Å². The monoisotopic (exact) mass is 483 g/mol. The second-order valence-corrected chi connectivity index (χ2v) is 10.0. The van der Waals surface area contributed by atoms with Crippen LogP contribution in [0.15, 0.2) is 42.5 Å². The first-order valence-electron chi connectivity index (χ1n) is 9.60. The summed E-state index contributed by atoms with van der Waals surface area (Å²) in [5.41, 5.74) is 1.13. The van der Waals surface area contributed by atoms with E-state index in [9.17, 15) is 9.59 Å². The predicted octanol–water partition coefficient (Wildman–Crippen LogP) is 5.86. The van der Waals surface area contributed by atoms with Crippen molar-refractivity contribution in [1.82, 2.24) is 9.80 Å². The third kappa shape index (κ3) is 4.37. The molecule has 9 heteroatoms. The summed E-state index contributed by atoms with van der Waals surface area (Å²) in [6.07, 6.45) is 1.43. The highest BCUT2D eigenvalue weighted by Crippen LogP contribution is 2.44. The lowest BCUT2D eigenvalue weighted by Gasteiger charge is -2.44. The summed E-state index contributed by atoms with van der Waals surface area (Å²) in [6, 6.07) is 11.8. The van der Waals surface area contributed by atoms with E-state index < -0.39 is 0 Å². The zero-order chi connectivity index (χ0) is 21.3. The van der Waals surface area contributed by atoms with E-state index in [1.54, 1.807) is 59.1 Å². The Kier molecular flexibility index (Phi) is 6.39. The highest BCUT2D eigenvalue weighted by molar-refractivity contribution is 8.00. The molecule has 5 nitrogen and oxygen atoms in total. The summed E-state index contributed by atoms with van der Waals surface area (Å²) in [6.45, 7) is 1.81. The van der Waals surface area contributed by atoms with Crippen molar-refractivity contribution in [2.75, 3.05) is 30.7 Å². The molecule has 0 atom stereocenters. The number of carbonyl (C=O) groups excluding carboxylic acids is 2. The molecule has 0 bridgehead atoms. The lowest BCUT2D eigenvalue weighted by atomic mass is 10.0. The summed E-state index contributed by atoms with van der Waals surface area (Å²) in [4.78, 5) is 29.3. The quantitative estimate of drug-likeness (QED) is 0.581. The molecule has 1 N–H and O–H groups in total. The van der Waals surface area contributed by atoms with Crippen LogP contribution in [-0.2, 0) is 0 Å². The predicted molar refractivity (Wildman–Crippen MR) is 124 cm³/mol. The Morgan fingerprint density at radius 1 is 0.967 bits per heavy atom. The Bertz CT molecular complexity index is 980. The third-order valence-corrected chi connectivity index (χ3v) is 7.83. The minimum atomic E-state index is -0.284. The van der Waals surface area contributed by atoms with Crippen LogP contribution in [0.25, 0.3) is 0 Å². The largest absolute Gasteiger partial charge is 0.324 e. The van der Waals surface area contributed by atoms with Crippen LogP contribution in [0, 0.1) is 0 Å². The van der Waals surface area contributed by atoms with Gasteiger partial charge in [-0.05, 0) is 49.2 Å². The Balaban J connectivity index is 1.42. The summed E-state index contributed by atoms with van der Waals surface area (Å²) >= 11 is 19.9. The van der Waals surface area contributed by atoms with Gasteiger partial charge in [0, 0.05) is 41.0 Å². The molecule has 2 aliphatic rings. The number of halogens is 3. The number of anilines is 1. The topological polar surface area (TPSA) is 52.7 Å². The number of benzene rings is 2. The molecule has 0 aliphatic carbocycles. The van der Waals surface area contributed by atoms with Gasteiger partial charge < -0.3 is 15.1 Å². The van der Waals surface area contributed by atoms with Crippen molar-refractivity contribution in [2.24, 2.45) is 0 Å². The van der Waals surface area contributed by atoms with Crippen molar-refractivity contribution in [3.63, 3.8) is 0 Å². The second-order valence-electron chi connectivity index (χ2n) is 7.30. The molecular formula is C21H20Cl3N3O2S. The lowest BCUT2D eigenvalue weighted by Crippen LogP contribution is -2.54. The summed E-state index contributed by atoms with van der Waals surface area (Å²) in [7, 11) is 0. The molecule has 2 aromatic rings. The first-order chi connectivity index (χ1) is 14.4. The highest BCUT2D eigenvalue weighted by atomic mass is 35.5. The van der Waals surface area contributed by atoms with Crippen molar-refractivity contribution in [2.45, 2.75) is 17.7 Å². The Hall–Kier alpha value is -1.60. The summed E-state index contributed by atoms with van der Waals surface area (Å²) in [5.74, 6) is 0.882. The SMILES string of the molecule is O=C(Nc1ccc(Cl)cc1Cl)N1CCC2(CC1)SCCN2C(=O)c1cccc(Cl)c1. The van der Waals surface area contributed by atoms with Gasteiger partial charge in [-0.15, -0.1) is 11.8 Å². The number of piperidine rings is 1. The standard InChI is InChI=1S/C21H20Cl3N3O2S/c22-15-3-1-2-14(12-15)19(28)27-10-11-30-21(27)6-8-26(9-7-21)20(29)25-18-5-4-16(23)13-17(18)24/h1-5,12-13H,6-11H2,(H,25,29). The van der Waals surface area contributed by atoms with Crippen molar-refractivity contribution in [3.8, 4) is 0 Å². The summed E-state index contributed by atoms with van der Waals surface area (Å²) < 4.78 is 0. The van der Waals surface area contributed by atoms with Crippen LogP contribution in [0.5, 0.6) is 0 Å². The molecule has 0 unspecified atom stereocenters. The third-order valence-electron chi connectivity index (χ3n) is 5.50. The molecule has 158 valence electrons. The molecular weight excluding hydrogens is 465 g/mol. The number of hydrogen-bond donors (Lipinski definition) is 1. The van der Waals surface area contributed by atoms with Gasteiger partial charge >= 0.3 is 6.03 Å². The van der Waals surface area contributed by atoms with E-state index in [4.69, 9.17) is 34.8 Å². The molecule has 2 heterocycles. The minimum Gasteiger partial charge on any atom is -0.324 e. The number of thioether (sulfide) groups is 1. The first kappa shape index (κ1) is 21.6. The molecule has 1 spiro atoms. The van der Waals surface area contributed by atoms with Gasteiger partial charge in [-0.1, -0.05) is 40.9 Å². The van der Waals surface area contributed by atoms with E-state index >= 15 is 0 Å². The molecule has 0 saturated carbocycles. The lowest BCUT2D eigenvalue weighted by molar-refractivity contribution is 0.0585. The Morgan fingerprint density at radius 3 is 2.40 bits per heavy atom. The zero-order valence-corrected chi connectivity index (χ0v) is 19.1. The van der Waals surface area contributed by atoms with E-state index in [2.05, 4.69) is 5.32 Å². The number of rotatable bonds is 2. The van der Waals surface area contributed by atoms with Crippen LogP contribution in [0.4, 0.5) is 10.5 Å². The minimum absolute atomic E-state index is 0.00616. The fraction of sp³-hybridized carbons (Fsp3) is 0.333. The normalized spacial score (nSPS) is 18.0. The first-order valence-corrected chi connectivity index (χ1v) is 11.7. The van der Waals surface area contributed by atoms with E-state index in [1.165, 1.54) is 0 Å². The molecule has 3 amide bonds. The van der Waals surface area contributed by atoms with Gasteiger partial charge in [0.05, 0.1) is 15.6 Å². The van der Waals surface area contributed by atoms with Gasteiger partial charge in [-0.25, -0.2) is 4.79 Å². The highest BCUT2D eigenvalue weighted by Gasteiger charge is 2.47. The average Bonchev–Trinajstić information content (AvgIpc) is 3.13. The molecule has 2 aromatic carbocycles. The van der Waals surface area contributed by atoms with Crippen LogP contribution < -0.4 is 5.32 Å². The fourth-order valence-electron chi connectivity index (χ4n) is 3.93. The van der Waals surface area contributed by atoms with Crippen LogP contribution in [0.3, 0.4) is 0 Å². The van der Waals surface area contributed by atoms with Crippen LogP contribution in [0.2, 0.25) is 15.1 Å². The van der Waals surface area contributed by atoms with Gasteiger partial charge in [0.1, 0.15) is 0 Å². The Labute approximate surface area is 194 Å². The van der Waals surface area contributed by atoms with Crippen molar-refractivity contribution in [1.29, 1.82) is 0 Å². The van der Waals surface area contributed by atoms with Crippen LogP contribution in [-0.4, -0.2) is 52.0 Å². The van der Waals surface area contributed by atoms with E-state index in [-0.39, 0.29) is 16.8 Å². The van der Waals surface area contributed by atoms with Gasteiger partial charge in [-0.2, -0.15) is 0 Å². The molecule has 2 saturated heterocycles. The van der Waals surface area contributed by atoms with Gasteiger partial charge in [0.25, 0.3) is 5.91 Å². The summed E-state index contributed by atoms with van der Waals surface area (Å²) in [5, 5.41) is 4.31. The number of carbonyl (C=O) groups is 2. The number of urea groups is 1. The second kappa shape index (κ2) is 8.87. The zero-order valence-electron chi connectivity index (χ0n) is 16.0. The van der Waals surface area contributed by atoms with E-state index in [1.807, 2.05) is 4.90 Å². The molecule has 30 heavy (non-hydrogen) atoms. The van der Waals surface area contributed by atoms with Gasteiger partial charge in [0.2, 0.25) is 0 Å². The van der Waals surface area contributed by atoms with Crippen molar-refractivity contribution >= 4 is 64.2 Å². The maximum Gasteiger partial charge on any atom is 0.321 e. The molecule has 0 aromatic heterocycles. The number of amides is 3. The van der Waals surface area contributed by atoms with Crippen molar-refractivity contribution in [3.05, 3.63) is 63.1 Å². The maximum atomic E-state index is 13.1. The molecule has 2 aliphatic heterocycles. The van der Waals surface area contributed by atoms with Crippen LogP contribution in [0.1, 0.15) is 23.2 Å². The number of nitrogens with zero attached hydrogens (tertiary/aromatic N) is 2. The molecule has 0 radical (unpaired) electrons. The molecule has 4 rings (SSSR count). The Morgan fingerprint density at radius 2 is 1.70 bits per heavy atom. The number of nitrogens with one attached hydrogen (secondary N) is 1. The number of likely N-dealkylation sites (tertiary alicyclic amines) is 1. The van der Waals surface area contributed by atoms with Crippen LogP contribution >= 0.6 is 46.6 Å². The smallest absolute Gasteiger partial charge is 0.321 e. The number of hydrogen-bond acceptors (Lipinski definition) is 3.